The molecule has 2 heterocycles. The van der Waals surface area contributed by atoms with Gasteiger partial charge in [-0.1, -0.05) is 6.92 Å². The van der Waals surface area contributed by atoms with Crippen LogP contribution in [0.4, 0.5) is 10.2 Å². The van der Waals surface area contributed by atoms with Crippen LogP contribution in [-0.4, -0.2) is 41.0 Å². The number of carbonyl (C=O) groups is 1. The first-order chi connectivity index (χ1) is 14.0. The van der Waals surface area contributed by atoms with Gasteiger partial charge in [-0.2, -0.15) is 0 Å². The highest BCUT2D eigenvalue weighted by molar-refractivity contribution is 5.97. The Balaban J connectivity index is 1.94. The molecule has 1 saturated heterocycles. The van der Waals surface area contributed by atoms with Gasteiger partial charge in [-0.05, 0) is 63.9 Å². The predicted octanol–water partition coefficient (Wildman–Crippen LogP) is 3.27. The highest BCUT2D eigenvalue weighted by Crippen LogP contribution is 2.34. The van der Waals surface area contributed by atoms with E-state index >= 15 is 0 Å². The molecule has 1 aliphatic heterocycles. The number of piperidine rings is 1. The average molecular weight is 401 g/mol. The molecular weight excluding hydrogens is 373 g/mol. The van der Waals surface area contributed by atoms with Crippen LogP contribution in [0.3, 0.4) is 0 Å². The molecule has 0 atom stereocenters. The summed E-state index contributed by atoms with van der Waals surface area (Å²) in [5.74, 6) is 0.448. The third-order valence-corrected chi connectivity index (χ3v) is 4.75. The van der Waals surface area contributed by atoms with Gasteiger partial charge in [0.15, 0.2) is 11.6 Å². The number of aryl methyl sites for hydroxylation is 1. The fourth-order valence-electron chi connectivity index (χ4n) is 3.31. The summed E-state index contributed by atoms with van der Waals surface area (Å²) in [5.41, 5.74) is 0.766. The maximum atomic E-state index is 14.1. The molecule has 8 heteroatoms. The minimum atomic E-state index is -0.472. The number of rotatable bonds is 7. The van der Waals surface area contributed by atoms with Gasteiger partial charge in [0.25, 0.3) is 5.91 Å². The van der Waals surface area contributed by atoms with Crippen molar-refractivity contribution in [3.05, 3.63) is 41.6 Å². The Hall–Kier alpha value is -2.74. The van der Waals surface area contributed by atoms with Crippen LogP contribution in [0, 0.1) is 5.82 Å². The summed E-state index contributed by atoms with van der Waals surface area (Å²) >= 11 is 0. The number of ether oxygens (including phenoxy) is 1. The number of anilines is 1. The van der Waals surface area contributed by atoms with E-state index in [9.17, 15) is 9.18 Å². The average Bonchev–Trinajstić information content (AvgIpc) is 2.70. The maximum absolute atomic E-state index is 14.1. The van der Waals surface area contributed by atoms with E-state index in [0.29, 0.717) is 29.3 Å². The van der Waals surface area contributed by atoms with Crippen molar-refractivity contribution in [1.29, 1.82) is 0 Å². The highest BCUT2D eigenvalue weighted by atomic mass is 19.1. The Morgan fingerprint density at radius 2 is 2.10 bits per heavy atom. The van der Waals surface area contributed by atoms with E-state index < -0.39 is 5.82 Å². The molecule has 0 saturated carbocycles. The monoisotopic (exact) mass is 401 g/mol. The second kappa shape index (κ2) is 9.65. The molecule has 0 aliphatic carbocycles. The molecule has 0 spiro atoms. The van der Waals surface area contributed by atoms with Gasteiger partial charge in [0.1, 0.15) is 17.9 Å². The second-order valence-electron chi connectivity index (χ2n) is 7.43. The Labute approximate surface area is 170 Å². The third kappa shape index (κ3) is 5.41. The summed E-state index contributed by atoms with van der Waals surface area (Å²) in [6.07, 6.45) is 5.47. The van der Waals surface area contributed by atoms with Crippen molar-refractivity contribution in [1.82, 2.24) is 20.6 Å². The third-order valence-electron chi connectivity index (χ3n) is 4.75. The topological polar surface area (TPSA) is 88.2 Å². The zero-order valence-electron chi connectivity index (χ0n) is 17.1. The van der Waals surface area contributed by atoms with Gasteiger partial charge in [-0.25, -0.2) is 14.4 Å². The predicted molar refractivity (Wildman–Crippen MR) is 110 cm³/mol. The fraction of sp³-hybridized carbons (Fsp3) is 0.476. The zero-order valence-corrected chi connectivity index (χ0v) is 17.1. The molecule has 3 N–H and O–H groups in total. The smallest absolute Gasteiger partial charge is 0.255 e. The maximum Gasteiger partial charge on any atom is 0.255 e. The summed E-state index contributed by atoms with van der Waals surface area (Å²) in [5, 5.41) is 9.54. The minimum Gasteiger partial charge on any atom is -0.451 e. The van der Waals surface area contributed by atoms with Gasteiger partial charge in [-0.15, -0.1) is 0 Å². The van der Waals surface area contributed by atoms with Crippen LogP contribution in [0.5, 0.6) is 11.5 Å². The number of benzene rings is 1. The molecule has 1 amide bonds. The molecule has 156 valence electrons. The number of carbonyl (C=O) groups excluding carboxylic acids is 1. The lowest BCUT2D eigenvalue weighted by Gasteiger charge is -2.25. The molecule has 29 heavy (non-hydrogen) atoms. The van der Waals surface area contributed by atoms with E-state index in [1.54, 1.807) is 6.20 Å². The van der Waals surface area contributed by atoms with Gasteiger partial charge in [0.05, 0.1) is 11.8 Å². The first-order valence-corrected chi connectivity index (χ1v) is 10.1. The summed E-state index contributed by atoms with van der Waals surface area (Å²) in [4.78, 5) is 21.1. The SMILES string of the molecule is CCc1cc(F)cc(C(=O)NC(C)C)c1Oc1cncnc1NC1CCNCC1. The van der Waals surface area contributed by atoms with E-state index in [-0.39, 0.29) is 23.6 Å². The van der Waals surface area contributed by atoms with Gasteiger partial charge >= 0.3 is 0 Å². The van der Waals surface area contributed by atoms with Crippen molar-refractivity contribution in [3.8, 4) is 11.5 Å². The molecule has 1 aliphatic rings. The molecule has 1 aromatic carbocycles. The molecule has 0 unspecified atom stereocenters. The van der Waals surface area contributed by atoms with Gasteiger partial charge in [-0.3, -0.25) is 4.79 Å². The molecule has 2 aromatic rings. The second-order valence-corrected chi connectivity index (χ2v) is 7.43. The van der Waals surface area contributed by atoms with Crippen molar-refractivity contribution < 1.29 is 13.9 Å². The summed E-state index contributed by atoms with van der Waals surface area (Å²) in [7, 11) is 0. The molecule has 0 radical (unpaired) electrons. The Kier molecular flexibility index (Phi) is 6.98. The summed E-state index contributed by atoms with van der Waals surface area (Å²) in [6.45, 7) is 7.48. The van der Waals surface area contributed by atoms with Gasteiger partial charge in [0.2, 0.25) is 0 Å². The number of amides is 1. The summed E-state index contributed by atoms with van der Waals surface area (Å²) < 4.78 is 20.3. The van der Waals surface area contributed by atoms with Crippen LogP contribution in [0.15, 0.2) is 24.7 Å². The van der Waals surface area contributed by atoms with Crippen molar-refractivity contribution in [2.45, 2.75) is 52.1 Å². The van der Waals surface area contributed by atoms with Crippen LogP contribution < -0.4 is 20.7 Å². The largest absolute Gasteiger partial charge is 0.451 e. The summed E-state index contributed by atoms with van der Waals surface area (Å²) in [6, 6.07) is 2.79. The van der Waals surface area contributed by atoms with Crippen LogP contribution in [0.25, 0.3) is 0 Å². The lowest BCUT2D eigenvalue weighted by atomic mass is 10.0. The molecule has 0 bridgehead atoms. The minimum absolute atomic E-state index is 0.0825. The Morgan fingerprint density at radius 3 is 2.79 bits per heavy atom. The van der Waals surface area contributed by atoms with Gasteiger partial charge in [0, 0.05) is 12.1 Å². The Bertz CT molecular complexity index is 853. The number of hydrogen-bond donors (Lipinski definition) is 3. The molecular formula is C21H28FN5O2. The van der Waals surface area contributed by atoms with E-state index in [4.69, 9.17) is 4.74 Å². The number of halogens is 1. The number of hydrogen-bond acceptors (Lipinski definition) is 6. The molecule has 1 aromatic heterocycles. The van der Waals surface area contributed by atoms with E-state index in [0.717, 1.165) is 25.9 Å². The number of nitrogens with zero attached hydrogens (tertiary/aromatic N) is 2. The molecule has 3 rings (SSSR count). The van der Waals surface area contributed by atoms with E-state index in [2.05, 4.69) is 25.9 Å². The van der Waals surface area contributed by atoms with Crippen molar-refractivity contribution in [2.75, 3.05) is 18.4 Å². The lowest BCUT2D eigenvalue weighted by molar-refractivity contribution is 0.0940. The van der Waals surface area contributed by atoms with Crippen molar-refractivity contribution >= 4 is 11.7 Å². The Morgan fingerprint density at radius 1 is 1.34 bits per heavy atom. The van der Waals surface area contributed by atoms with E-state index in [1.807, 2.05) is 20.8 Å². The number of aromatic nitrogens is 2. The first kappa shape index (κ1) is 21.0. The normalized spacial score (nSPS) is 14.7. The van der Waals surface area contributed by atoms with Crippen LogP contribution in [0.2, 0.25) is 0 Å². The van der Waals surface area contributed by atoms with E-state index in [1.165, 1.54) is 18.5 Å². The van der Waals surface area contributed by atoms with Gasteiger partial charge < -0.3 is 20.7 Å². The standard InChI is InChI=1S/C21H28FN5O2/c1-4-14-9-15(22)10-17(21(28)26-13(2)3)19(14)29-18-11-24-12-25-20(18)27-16-5-7-23-8-6-16/h9-13,16,23H,4-8H2,1-3H3,(H,26,28)(H,24,25,27). The van der Waals surface area contributed by atoms with Crippen LogP contribution in [0.1, 0.15) is 49.5 Å². The van der Waals surface area contributed by atoms with Crippen molar-refractivity contribution in [2.24, 2.45) is 0 Å². The lowest BCUT2D eigenvalue weighted by Crippen LogP contribution is -2.35. The zero-order chi connectivity index (χ0) is 20.8. The molecule has 1 fully saturated rings. The first-order valence-electron chi connectivity index (χ1n) is 10.1. The van der Waals surface area contributed by atoms with Crippen molar-refractivity contribution in [3.63, 3.8) is 0 Å². The number of nitrogens with one attached hydrogen (secondary N) is 3. The molecule has 7 nitrogen and oxygen atoms in total. The van der Waals surface area contributed by atoms with Crippen LogP contribution >= 0.6 is 0 Å². The quantitative estimate of drug-likeness (QED) is 0.660. The highest BCUT2D eigenvalue weighted by Gasteiger charge is 2.22. The fourth-order valence-corrected chi connectivity index (χ4v) is 3.31. The van der Waals surface area contributed by atoms with Crippen LogP contribution in [-0.2, 0) is 6.42 Å².